The second-order valence-corrected chi connectivity index (χ2v) is 13.8. The zero-order chi connectivity index (χ0) is 25.8. The van der Waals surface area contributed by atoms with Gasteiger partial charge < -0.3 is 9.32 Å². The molecule has 2 unspecified atom stereocenters. The Morgan fingerprint density at radius 1 is 0.838 bits per heavy atom. The van der Waals surface area contributed by atoms with Gasteiger partial charge in [-0.2, -0.15) is 0 Å². The maximum Gasteiger partial charge on any atom is 0.135 e. The first-order valence-electron chi connectivity index (χ1n) is 14.3. The summed E-state index contributed by atoms with van der Waals surface area (Å²) in [5.41, 5.74) is 6.23. The van der Waals surface area contributed by atoms with Gasteiger partial charge in [0.2, 0.25) is 0 Å². The van der Waals surface area contributed by atoms with Crippen LogP contribution < -0.4 is 4.90 Å². The molecule has 0 bridgehead atoms. The molecule has 2 heterocycles. The van der Waals surface area contributed by atoms with Crippen molar-refractivity contribution in [1.82, 2.24) is 0 Å². The molecule has 1 aliphatic carbocycles. The number of furan rings is 1. The fourth-order valence-electron chi connectivity index (χ4n) is 7.41. The fourth-order valence-corrected chi connectivity index (χ4v) is 9.57. The molecule has 194 valence electrons. The third kappa shape index (κ3) is 4.00. The first-order chi connectivity index (χ1) is 17.8. The lowest BCUT2D eigenvalue weighted by atomic mass is 9.73. The highest BCUT2D eigenvalue weighted by atomic mass is 32.2. The smallest absolute Gasteiger partial charge is 0.135 e. The summed E-state index contributed by atoms with van der Waals surface area (Å²) in [6, 6.07) is 24.9. The van der Waals surface area contributed by atoms with Crippen molar-refractivity contribution >= 4 is 39.4 Å². The van der Waals surface area contributed by atoms with E-state index < -0.39 is 0 Å². The van der Waals surface area contributed by atoms with Crippen molar-refractivity contribution in [1.29, 1.82) is 0 Å². The first-order valence-corrected chi connectivity index (χ1v) is 15.1. The summed E-state index contributed by atoms with van der Waals surface area (Å²) in [4.78, 5) is 2.90. The average molecular weight is 512 g/mol. The molecule has 0 radical (unpaired) electrons. The molecule has 2 aliphatic rings. The topological polar surface area (TPSA) is 16.4 Å². The lowest BCUT2D eigenvalue weighted by Crippen LogP contribution is -2.58. The maximum atomic E-state index is 6.30. The Labute approximate surface area is 226 Å². The standard InChI is InChI=1S/C34H41NOS/c1-23-21-31-28(27-19-13-14-20-30(27)36-31)22-29(23)35-24(2)32(25-15-9-8-10-16-25)37-34(35,33(3,4)5)26-17-11-6-7-12-18-26/h8-10,13-16,19-22,24,26,32H,6-7,11-12,17-18H2,1-5H3/t24-,32?,34?/m0/s1. The Morgan fingerprint density at radius 3 is 2.22 bits per heavy atom. The number of hydrogen-bond acceptors (Lipinski definition) is 3. The van der Waals surface area contributed by atoms with Crippen LogP contribution in [0.1, 0.15) is 82.6 Å². The molecule has 1 aromatic heterocycles. The van der Waals surface area contributed by atoms with Gasteiger partial charge in [-0.1, -0.05) is 95.0 Å². The molecule has 0 spiro atoms. The molecule has 1 saturated carbocycles. The van der Waals surface area contributed by atoms with Crippen LogP contribution in [-0.4, -0.2) is 10.9 Å². The van der Waals surface area contributed by atoms with Crippen LogP contribution >= 0.6 is 11.8 Å². The molecule has 6 rings (SSSR count). The highest BCUT2D eigenvalue weighted by molar-refractivity contribution is 8.01. The molecule has 1 aliphatic heterocycles. The lowest BCUT2D eigenvalue weighted by molar-refractivity contribution is 0.175. The number of aryl methyl sites for hydroxylation is 1. The monoisotopic (exact) mass is 511 g/mol. The van der Waals surface area contributed by atoms with Gasteiger partial charge in [0.05, 0.1) is 10.1 Å². The summed E-state index contributed by atoms with van der Waals surface area (Å²) >= 11 is 2.27. The van der Waals surface area contributed by atoms with Crippen molar-refractivity contribution in [3.05, 3.63) is 77.9 Å². The molecule has 1 saturated heterocycles. The van der Waals surface area contributed by atoms with Crippen molar-refractivity contribution in [2.45, 2.75) is 89.3 Å². The SMILES string of the molecule is Cc1cc2oc3ccccc3c2cc1N1[C@@H](C)C(c2ccccc2)SC1(C1CCCCCC1)C(C)(C)C. The minimum absolute atomic E-state index is 0.00917. The van der Waals surface area contributed by atoms with Gasteiger partial charge in [-0.3, -0.25) is 0 Å². The van der Waals surface area contributed by atoms with Gasteiger partial charge in [-0.05, 0) is 67.3 Å². The molecular formula is C34H41NOS. The summed E-state index contributed by atoms with van der Waals surface area (Å²) in [6.07, 6.45) is 8.11. The maximum absolute atomic E-state index is 6.30. The predicted molar refractivity (Wildman–Crippen MR) is 161 cm³/mol. The number of thioether (sulfide) groups is 1. The molecule has 2 nitrogen and oxygen atoms in total. The van der Waals surface area contributed by atoms with Gasteiger partial charge in [-0.25, -0.2) is 0 Å². The number of fused-ring (bicyclic) bond motifs is 3. The lowest BCUT2D eigenvalue weighted by Gasteiger charge is -2.54. The predicted octanol–water partition coefficient (Wildman–Crippen LogP) is 10.3. The van der Waals surface area contributed by atoms with Crippen molar-refractivity contribution in [3.63, 3.8) is 0 Å². The Morgan fingerprint density at radius 2 is 1.51 bits per heavy atom. The fraction of sp³-hybridized carbons (Fsp3) is 0.471. The summed E-state index contributed by atoms with van der Waals surface area (Å²) in [7, 11) is 0. The first kappa shape index (κ1) is 24.9. The number of nitrogens with zero attached hydrogens (tertiary/aromatic N) is 1. The minimum atomic E-state index is 0.00917. The quantitative estimate of drug-likeness (QED) is 0.255. The van der Waals surface area contributed by atoms with E-state index >= 15 is 0 Å². The van der Waals surface area contributed by atoms with E-state index in [1.165, 1.54) is 66.1 Å². The number of anilines is 1. The van der Waals surface area contributed by atoms with Crippen LogP contribution in [0.3, 0.4) is 0 Å². The largest absolute Gasteiger partial charge is 0.456 e. The number of para-hydroxylation sites is 1. The molecule has 2 fully saturated rings. The molecule has 3 atom stereocenters. The van der Waals surface area contributed by atoms with E-state index in [1.54, 1.807) is 0 Å². The Bertz CT molecular complexity index is 1390. The number of rotatable bonds is 3. The van der Waals surface area contributed by atoms with Gasteiger partial charge in [0.15, 0.2) is 0 Å². The second kappa shape index (κ2) is 9.42. The van der Waals surface area contributed by atoms with E-state index in [2.05, 4.69) is 118 Å². The van der Waals surface area contributed by atoms with Gasteiger partial charge in [0.25, 0.3) is 0 Å². The minimum Gasteiger partial charge on any atom is -0.456 e. The van der Waals surface area contributed by atoms with Crippen LogP contribution in [0, 0.1) is 18.3 Å². The molecule has 3 aromatic carbocycles. The van der Waals surface area contributed by atoms with Crippen LogP contribution in [0.15, 0.2) is 71.1 Å². The Kier molecular flexibility index (Phi) is 6.34. The van der Waals surface area contributed by atoms with Crippen molar-refractivity contribution in [3.8, 4) is 0 Å². The van der Waals surface area contributed by atoms with Crippen LogP contribution in [0.4, 0.5) is 5.69 Å². The van der Waals surface area contributed by atoms with E-state index in [1.807, 2.05) is 0 Å². The van der Waals surface area contributed by atoms with Crippen molar-refractivity contribution in [2.24, 2.45) is 11.3 Å². The third-order valence-electron chi connectivity index (χ3n) is 9.08. The summed E-state index contributed by atoms with van der Waals surface area (Å²) in [5, 5.41) is 2.88. The molecule has 37 heavy (non-hydrogen) atoms. The summed E-state index contributed by atoms with van der Waals surface area (Å²) in [6.45, 7) is 12.3. The van der Waals surface area contributed by atoms with Crippen LogP contribution in [0.25, 0.3) is 21.9 Å². The molecular weight excluding hydrogens is 470 g/mol. The van der Waals surface area contributed by atoms with Gasteiger partial charge >= 0.3 is 0 Å². The Balaban J connectivity index is 1.59. The summed E-state index contributed by atoms with van der Waals surface area (Å²) < 4.78 is 6.30. The van der Waals surface area contributed by atoms with Gasteiger partial charge in [-0.15, -0.1) is 11.8 Å². The summed E-state index contributed by atoms with van der Waals surface area (Å²) in [5.74, 6) is 0.660. The highest BCUT2D eigenvalue weighted by Gasteiger charge is 2.60. The van der Waals surface area contributed by atoms with Crippen molar-refractivity contribution in [2.75, 3.05) is 4.90 Å². The molecule has 4 aromatic rings. The van der Waals surface area contributed by atoms with E-state index in [0.29, 0.717) is 17.2 Å². The molecule has 0 N–H and O–H groups in total. The van der Waals surface area contributed by atoms with E-state index in [0.717, 1.165) is 11.2 Å². The number of hydrogen-bond donors (Lipinski definition) is 0. The molecule has 0 amide bonds. The molecule has 3 heteroatoms. The van der Waals surface area contributed by atoms with E-state index in [4.69, 9.17) is 4.42 Å². The average Bonchev–Trinajstić information content (AvgIpc) is 3.24. The third-order valence-corrected chi connectivity index (χ3v) is 11.5. The number of benzene rings is 3. The highest BCUT2D eigenvalue weighted by Crippen LogP contribution is 2.65. The van der Waals surface area contributed by atoms with Crippen LogP contribution in [-0.2, 0) is 0 Å². The van der Waals surface area contributed by atoms with E-state index in [9.17, 15) is 0 Å². The normalized spacial score (nSPS) is 25.7. The van der Waals surface area contributed by atoms with Gasteiger partial charge in [0, 0.05) is 22.5 Å². The Hall–Kier alpha value is -2.39. The zero-order valence-electron chi connectivity index (χ0n) is 23.1. The van der Waals surface area contributed by atoms with E-state index in [-0.39, 0.29) is 10.3 Å². The van der Waals surface area contributed by atoms with Crippen LogP contribution in [0.5, 0.6) is 0 Å². The second-order valence-electron chi connectivity index (χ2n) is 12.4. The van der Waals surface area contributed by atoms with Gasteiger partial charge in [0.1, 0.15) is 11.2 Å². The van der Waals surface area contributed by atoms with Crippen molar-refractivity contribution < 1.29 is 4.42 Å². The van der Waals surface area contributed by atoms with Crippen LogP contribution in [0.2, 0.25) is 0 Å². The zero-order valence-corrected chi connectivity index (χ0v) is 23.9.